The Labute approximate surface area is 193 Å². The van der Waals surface area contributed by atoms with Crippen LogP contribution in [0.25, 0.3) is 5.65 Å². The van der Waals surface area contributed by atoms with E-state index in [1.54, 1.807) is 16.6 Å². The van der Waals surface area contributed by atoms with E-state index in [2.05, 4.69) is 20.1 Å². The summed E-state index contributed by atoms with van der Waals surface area (Å²) in [6.45, 7) is 5.66. The smallest absolute Gasteiger partial charge is 0.259 e. The molecule has 0 aliphatic heterocycles. The van der Waals surface area contributed by atoms with E-state index < -0.39 is 10.0 Å². The van der Waals surface area contributed by atoms with Gasteiger partial charge in [-0.25, -0.2) is 22.6 Å². The minimum Gasteiger partial charge on any atom is -0.322 e. The Morgan fingerprint density at radius 3 is 2.58 bits per heavy atom. The average Bonchev–Trinajstić information content (AvgIpc) is 3.49. The van der Waals surface area contributed by atoms with Crippen LogP contribution < -0.4 is 10.0 Å². The number of benzene rings is 1. The van der Waals surface area contributed by atoms with Gasteiger partial charge in [0.2, 0.25) is 10.0 Å². The molecule has 5 rings (SSSR count). The summed E-state index contributed by atoms with van der Waals surface area (Å²) in [6, 6.07) is 8.02. The minimum atomic E-state index is -3.62. The maximum atomic E-state index is 12.9. The van der Waals surface area contributed by atoms with E-state index in [1.165, 1.54) is 37.6 Å². The van der Waals surface area contributed by atoms with Gasteiger partial charge in [0, 0.05) is 24.0 Å². The van der Waals surface area contributed by atoms with Gasteiger partial charge in [0.05, 0.1) is 21.8 Å². The summed E-state index contributed by atoms with van der Waals surface area (Å²) in [6.07, 6.45) is 6.40. The molecule has 2 fully saturated rings. The third-order valence-corrected chi connectivity index (χ3v) is 8.86. The van der Waals surface area contributed by atoms with E-state index in [4.69, 9.17) is 0 Å². The lowest BCUT2D eigenvalue weighted by molar-refractivity contribution is 0.102. The molecule has 2 saturated carbocycles. The number of amides is 1. The molecule has 0 radical (unpaired) electrons. The van der Waals surface area contributed by atoms with E-state index in [1.807, 2.05) is 26.8 Å². The fraction of sp³-hybridized carbons (Fsp3) is 0.458. The molecule has 0 unspecified atom stereocenters. The van der Waals surface area contributed by atoms with Gasteiger partial charge in [0.15, 0.2) is 5.65 Å². The summed E-state index contributed by atoms with van der Waals surface area (Å²) in [5.74, 6) is 1.51. The van der Waals surface area contributed by atoms with Crippen LogP contribution in [-0.2, 0) is 10.0 Å². The highest BCUT2D eigenvalue weighted by Crippen LogP contribution is 2.49. The molecule has 1 aromatic carbocycles. The number of nitrogens with zero attached hydrogens (tertiary/aromatic N) is 3. The van der Waals surface area contributed by atoms with Gasteiger partial charge in [-0.2, -0.15) is 5.10 Å². The van der Waals surface area contributed by atoms with E-state index in [9.17, 15) is 13.2 Å². The van der Waals surface area contributed by atoms with Gasteiger partial charge in [0.25, 0.3) is 5.91 Å². The fourth-order valence-electron chi connectivity index (χ4n) is 5.61. The fourth-order valence-corrected chi connectivity index (χ4v) is 6.90. The molecule has 2 bridgehead atoms. The normalized spacial score (nSPS) is 23.2. The third kappa shape index (κ3) is 4.15. The summed E-state index contributed by atoms with van der Waals surface area (Å²) < 4.78 is 30.4. The van der Waals surface area contributed by atoms with Crippen molar-refractivity contribution in [2.24, 2.45) is 17.8 Å². The van der Waals surface area contributed by atoms with Crippen LogP contribution in [0.3, 0.4) is 0 Å². The van der Waals surface area contributed by atoms with Gasteiger partial charge < -0.3 is 5.32 Å². The van der Waals surface area contributed by atoms with Crippen LogP contribution >= 0.6 is 0 Å². The Morgan fingerprint density at radius 2 is 1.91 bits per heavy atom. The molecular weight excluding hydrogens is 438 g/mol. The second kappa shape index (κ2) is 8.22. The zero-order valence-electron chi connectivity index (χ0n) is 19.1. The first-order valence-electron chi connectivity index (χ1n) is 11.5. The molecule has 2 aliphatic rings. The molecule has 2 aliphatic carbocycles. The van der Waals surface area contributed by atoms with Crippen molar-refractivity contribution < 1.29 is 13.2 Å². The first-order valence-corrected chi connectivity index (χ1v) is 13.0. The molecule has 174 valence electrons. The van der Waals surface area contributed by atoms with Crippen LogP contribution in [0.5, 0.6) is 0 Å². The Balaban J connectivity index is 1.27. The molecule has 0 saturated heterocycles. The predicted octanol–water partition coefficient (Wildman–Crippen LogP) is 3.70. The lowest BCUT2D eigenvalue weighted by Crippen LogP contribution is -2.40. The number of fused-ring (bicyclic) bond motifs is 3. The van der Waals surface area contributed by atoms with Gasteiger partial charge >= 0.3 is 0 Å². The molecule has 0 spiro atoms. The Hall–Kier alpha value is -2.78. The zero-order valence-corrected chi connectivity index (χ0v) is 19.9. The molecule has 1 amide bonds. The lowest BCUT2D eigenvalue weighted by Gasteiger charge is -2.28. The summed E-state index contributed by atoms with van der Waals surface area (Å²) in [4.78, 5) is 17.3. The lowest BCUT2D eigenvalue weighted by atomic mass is 9.84. The topological polar surface area (TPSA) is 105 Å². The molecule has 8 nitrogen and oxygen atoms in total. The first kappa shape index (κ1) is 22.0. The van der Waals surface area contributed by atoms with E-state index in [-0.39, 0.29) is 16.8 Å². The highest BCUT2D eigenvalue weighted by molar-refractivity contribution is 7.89. The van der Waals surface area contributed by atoms with E-state index >= 15 is 0 Å². The third-order valence-electron chi connectivity index (χ3n) is 7.29. The number of rotatable bonds is 6. The van der Waals surface area contributed by atoms with Crippen LogP contribution in [-0.4, -0.2) is 35.0 Å². The summed E-state index contributed by atoms with van der Waals surface area (Å²) >= 11 is 0. The van der Waals surface area contributed by atoms with Crippen LogP contribution in [0.2, 0.25) is 0 Å². The number of aryl methyl sites for hydroxylation is 2. The van der Waals surface area contributed by atoms with Gasteiger partial charge in [0.1, 0.15) is 0 Å². The van der Waals surface area contributed by atoms with Gasteiger partial charge in [-0.1, -0.05) is 6.42 Å². The number of sulfonamides is 1. The Bertz CT molecular complexity index is 1320. The summed E-state index contributed by atoms with van der Waals surface area (Å²) in [5.41, 5.74) is 3.11. The molecule has 2 heterocycles. The van der Waals surface area contributed by atoms with Crippen molar-refractivity contribution in [2.75, 3.05) is 5.32 Å². The van der Waals surface area contributed by atoms with Crippen molar-refractivity contribution in [3.8, 4) is 0 Å². The number of hydrogen-bond donors (Lipinski definition) is 2. The van der Waals surface area contributed by atoms with E-state index in [0.717, 1.165) is 18.0 Å². The summed E-state index contributed by atoms with van der Waals surface area (Å²) in [5, 5.41) is 7.18. The van der Waals surface area contributed by atoms with Crippen molar-refractivity contribution in [3.05, 3.63) is 53.5 Å². The largest absolute Gasteiger partial charge is 0.322 e. The van der Waals surface area contributed by atoms with E-state index in [0.29, 0.717) is 34.4 Å². The highest BCUT2D eigenvalue weighted by Gasteiger charge is 2.42. The monoisotopic (exact) mass is 467 g/mol. The van der Waals surface area contributed by atoms with Crippen LogP contribution in [0.1, 0.15) is 54.4 Å². The standard InChI is InChI=1S/C24H29N5O3S/c1-14-10-23-25-13-22(16(3)29(23)27-14)24(30)26-19-6-8-20(9-7-19)33(31,32)28-15(2)21-12-17-4-5-18(21)11-17/h6-10,13,15,17-18,21,28H,4-5,11-12H2,1-3H3,(H,26,30)/t15-,17-,18-,21-/m0/s1. The van der Waals surface area contributed by atoms with Crippen LogP contribution in [0.15, 0.2) is 41.4 Å². The molecule has 2 aromatic heterocycles. The first-order chi connectivity index (χ1) is 15.7. The number of carbonyl (C=O) groups excluding carboxylic acids is 1. The van der Waals surface area contributed by atoms with Gasteiger partial charge in [-0.3, -0.25) is 4.79 Å². The predicted molar refractivity (Wildman–Crippen MR) is 126 cm³/mol. The van der Waals surface area contributed by atoms with Crippen LogP contribution in [0.4, 0.5) is 5.69 Å². The number of carbonyl (C=O) groups is 1. The Morgan fingerprint density at radius 1 is 1.15 bits per heavy atom. The molecule has 9 heteroatoms. The number of anilines is 1. The molecular formula is C24H29N5O3S. The second-order valence-corrected chi connectivity index (χ2v) is 11.3. The SMILES string of the molecule is Cc1cc2ncc(C(=O)Nc3ccc(S(=O)(=O)N[C@@H](C)[C@@H]4C[C@H]5CC[C@H]4C5)cc3)c(C)n2n1. The maximum absolute atomic E-state index is 12.9. The molecule has 3 aromatic rings. The van der Waals surface area contributed by atoms with Gasteiger partial charge in [-0.15, -0.1) is 0 Å². The van der Waals surface area contributed by atoms with Crippen molar-refractivity contribution in [1.82, 2.24) is 19.3 Å². The number of aromatic nitrogens is 3. The highest BCUT2D eigenvalue weighted by atomic mass is 32.2. The van der Waals surface area contributed by atoms with Crippen LogP contribution in [0, 0.1) is 31.6 Å². The Kier molecular flexibility index (Phi) is 5.49. The zero-order chi connectivity index (χ0) is 23.3. The molecule has 33 heavy (non-hydrogen) atoms. The van der Waals surface area contributed by atoms with Crippen molar-refractivity contribution in [1.29, 1.82) is 0 Å². The van der Waals surface area contributed by atoms with Crippen molar-refractivity contribution in [2.45, 2.75) is 57.4 Å². The molecule has 2 N–H and O–H groups in total. The number of hydrogen-bond acceptors (Lipinski definition) is 5. The number of nitrogens with one attached hydrogen (secondary N) is 2. The second-order valence-electron chi connectivity index (χ2n) is 9.54. The van der Waals surface area contributed by atoms with Crippen molar-refractivity contribution >= 4 is 27.3 Å². The van der Waals surface area contributed by atoms with Crippen molar-refractivity contribution in [3.63, 3.8) is 0 Å². The van der Waals surface area contributed by atoms with Gasteiger partial charge in [-0.05, 0) is 82.1 Å². The average molecular weight is 468 g/mol. The maximum Gasteiger partial charge on any atom is 0.259 e. The minimum absolute atomic E-state index is 0.0824. The quantitative estimate of drug-likeness (QED) is 0.575. The molecule has 4 atom stereocenters. The summed E-state index contributed by atoms with van der Waals surface area (Å²) in [7, 11) is -3.62.